The van der Waals surface area contributed by atoms with Gasteiger partial charge in [-0.15, -0.1) is 0 Å². The molecule has 1 heterocycles. The summed E-state index contributed by atoms with van der Waals surface area (Å²) >= 11 is 0. The Bertz CT molecular complexity index is 956. The molecule has 27 heavy (non-hydrogen) atoms. The fourth-order valence-electron chi connectivity index (χ4n) is 2.88. The van der Waals surface area contributed by atoms with E-state index in [1.54, 1.807) is 12.1 Å². The molecule has 0 radical (unpaired) electrons. The van der Waals surface area contributed by atoms with E-state index in [1.165, 1.54) is 12.1 Å². The highest BCUT2D eigenvalue weighted by Gasteiger charge is 2.20. The van der Waals surface area contributed by atoms with E-state index in [9.17, 15) is 13.2 Å². The molecule has 0 saturated carbocycles. The van der Waals surface area contributed by atoms with E-state index in [0.717, 1.165) is 11.8 Å². The Morgan fingerprint density at radius 1 is 1.15 bits per heavy atom. The Hall–Kier alpha value is -2.58. The molecule has 2 aromatic carbocycles. The largest absolute Gasteiger partial charge is 0.454 e. The number of carbonyl (C=O) groups excluding carboxylic acids is 1. The van der Waals surface area contributed by atoms with Gasteiger partial charge in [0.05, 0.1) is 10.9 Å². The Balaban J connectivity index is 1.74. The Morgan fingerprint density at radius 3 is 2.59 bits per heavy atom. The smallest absolute Gasteiger partial charge is 0.251 e. The Labute approximate surface area is 158 Å². The van der Waals surface area contributed by atoms with Crippen molar-refractivity contribution in [3.63, 3.8) is 0 Å². The van der Waals surface area contributed by atoms with Gasteiger partial charge in [0.1, 0.15) is 0 Å². The first-order valence-electron chi connectivity index (χ1n) is 8.40. The number of amides is 1. The average Bonchev–Trinajstić information content (AvgIpc) is 3.08. The van der Waals surface area contributed by atoms with Gasteiger partial charge >= 0.3 is 0 Å². The molecule has 0 aromatic heterocycles. The van der Waals surface area contributed by atoms with Crippen molar-refractivity contribution in [2.24, 2.45) is 0 Å². The van der Waals surface area contributed by atoms with Crippen LogP contribution < -0.4 is 14.8 Å². The van der Waals surface area contributed by atoms with Crippen molar-refractivity contribution in [1.29, 1.82) is 0 Å². The standard InChI is InChI=1S/C19H22N2O5S/c1-21(2)16(13-7-8-17-18(10-13)26-12-25-17)11-20-19(22)14-5-4-6-15(9-14)27(3,23)24/h4-10,16H,11-12H2,1-3H3,(H,20,22). The number of hydrogen-bond donors (Lipinski definition) is 1. The van der Waals surface area contributed by atoms with Crippen molar-refractivity contribution >= 4 is 15.7 Å². The number of nitrogens with zero attached hydrogens (tertiary/aromatic N) is 1. The van der Waals surface area contributed by atoms with E-state index in [2.05, 4.69) is 5.32 Å². The fourth-order valence-corrected chi connectivity index (χ4v) is 3.55. The first-order valence-corrected chi connectivity index (χ1v) is 10.3. The number of hydrogen-bond acceptors (Lipinski definition) is 6. The molecule has 0 spiro atoms. The van der Waals surface area contributed by atoms with Crippen LogP contribution >= 0.6 is 0 Å². The first-order chi connectivity index (χ1) is 12.8. The molecule has 2 aromatic rings. The highest BCUT2D eigenvalue weighted by molar-refractivity contribution is 7.90. The van der Waals surface area contributed by atoms with Crippen molar-refractivity contribution in [3.8, 4) is 11.5 Å². The minimum Gasteiger partial charge on any atom is -0.454 e. The quantitative estimate of drug-likeness (QED) is 0.810. The molecule has 0 fully saturated rings. The number of sulfone groups is 1. The molecule has 144 valence electrons. The number of rotatable bonds is 6. The topological polar surface area (TPSA) is 84.9 Å². The lowest BCUT2D eigenvalue weighted by Crippen LogP contribution is -2.34. The van der Waals surface area contributed by atoms with Crippen LogP contribution in [0.1, 0.15) is 22.0 Å². The fraction of sp³-hybridized carbons (Fsp3) is 0.316. The molecular formula is C19H22N2O5S. The lowest BCUT2D eigenvalue weighted by atomic mass is 10.0. The summed E-state index contributed by atoms with van der Waals surface area (Å²) in [7, 11) is 0.478. The number of likely N-dealkylation sites (N-methyl/N-ethyl adjacent to an activating group) is 1. The van der Waals surface area contributed by atoms with Crippen molar-refractivity contribution in [2.75, 3.05) is 33.7 Å². The van der Waals surface area contributed by atoms with E-state index < -0.39 is 9.84 Å². The van der Waals surface area contributed by atoms with Crippen molar-refractivity contribution in [2.45, 2.75) is 10.9 Å². The van der Waals surface area contributed by atoms with Gasteiger partial charge in [0.15, 0.2) is 21.3 Å². The monoisotopic (exact) mass is 390 g/mol. The first kappa shape index (κ1) is 19.2. The van der Waals surface area contributed by atoms with Crippen LogP contribution in [0.5, 0.6) is 11.5 Å². The van der Waals surface area contributed by atoms with Gasteiger partial charge in [0, 0.05) is 18.4 Å². The number of benzene rings is 2. The van der Waals surface area contributed by atoms with Crippen LogP contribution in [0.25, 0.3) is 0 Å². The minimum absolute atomic E-state index is 0.0819. The maximum atomic E-state index is 12.5. The molecule has 1 unspecified atom stereocenters. The predicted octanol–water partition coefficient (Wildman–Crippen LogP) is 1.85. The molecule has 1 aliphatic rings. The zero-order valence-corrected chi connectivity index (χ0v) is 16.2. The predicted molar refractivity (Wildman–Crippen MR) is 101 cm³/mol. The van der Waals surface area contributed by atoms with Crippen LogP contribution in [0, 0.1) is 0 Å². The van der Waals surface area contributed by atoms with Gasteiger partial charge in [-0.3, -0.25) is 4.79 Å². The molecule has 0 bridgehead atoms. The summed E-state index contributed by atoms with van der Waals surface area (Å²) in [5.41, 5.74) is 1.29. The van der Waals surface area contributed by atoms with Crippen LogP contribution in [-0.4, -0.2) is 52.9 Å². The Morgan fingerprint density at radius 2 is 1.89 bits per heavy atom. The van der Waals surface area contributed by atoms with E-state index in [1.807, 2.05) is 37.2 Å². The van der Waals surface area contributed by atoms with Crippen molar-refractivity contribution < 1.29 is 22.7 Å². The summed E-state index contributed by atoms with van der Waals surface area (Å²) in [4.78, 5) is 14.6. The molecule has 1 aliphatic heterocycles. The van der Waals surface area contributed by atoms with Gasteiger partial charge in [0.25, 0.3) is 5.91 Å². The highest BCUT2D eigenvalue weighted by atomic mass is 32.2. The van der Waals surface area contributed by atoms with Crippen LogP contribution in [0.2, 0.25) is 0 Å². The van der Waals surface area contributed by atoms with Crippen LogP contribution in [0.15, 0.2) is 47.4 Å². The summed E-state index contributed by atoms with van der Waals surface area (Å²) < 4.78 is 34.1. The van der Waals surface area contributed by atoms with Gasteiger partial charge < -0.3 is 19.7 Å². The van der Waals surface area contributed by atoms with Gasteiger partial charge in [0.2, 0.25) is 6.79 Å². The zero-order valence-electron chi connectivity index (χ0n) is 15.4. The van der Waals surface area contributed by atoms with Gasteiger partial charge in [-0.05, 0) is 50.0 Å². The maximum absolute atomic E-state index is 12.5. The van der Waals surface area contributed by atoms with Gasteiger partial charge in [-0.1, -0.05) is 12.1 Å². The molecule has 1 N–H and O–H groups in total. The van der Waals surface area contributed by atoms with Gasteiger partial charge in [-0.25, -0.2) is 8.42 Å². The minimum atomic E-state index is -3.37. The molecule has 0 aliphatic carbocycles. The third kappa shape index (κ3) is 4.40. The third-order valence-electron chi connectivity index (χ3n) is 4.39. The maximum Gasteiger partial charge on any atom is 0.251 e. The second kappa shape index (κ2) is 7.58. The van der Waals surface area contributed by atoms with Gasteiger partial charge in [-0.2, -0.15) is 0 Å². The summed E-state index contributed by atoms with van der Waals surface area (Å²) in [6.07, 6.45) is 1.12. The van der Waals surface area contributed by atoms with Crippen molar-refractivity contribution in [3.05, 3.63) is 53.6 Å². The number of nitrogens with one attached hydrogen (secondary N) is 1. The third-order valence-corrected chi connectivity index (χ3v) is 5.50. The molecule has 0 saturated heterocycles. The molecule has 1 atom stereocenters. The summed E-state index contributed by atoms with van der Waals surface area (Å²) in [5.74, 6) is 1.07. The zero-order chi connectivity index (χ0) is 19.6. The van der Waals surface area contributed by atoms with E-state index in [4.69, 9.17) is 9.47 Å². The van der Waals surface area contributed by atoms with Crippen molar-refractivity contribution in [1.82, 2.24) is 10.2 Å². The molecular weight excluding hydrogens is 368 g/mol. The lowest BCUT2D eigenvalue weighted by Gasteiger charge is -2.25. The summed E-state index contributed by atoms with van der Waals surface area (Å²) in [6, 6.07) is 11.6. The highest BCUT2D eigenvalue weighted by Crippen LogP contribution is 2.34. The van der Waals surface area contributed by atoms with E-state index in [0.29, 0.717) is 23.6 Å². The Kier molecular flexibility index (Phi) is 5.38. The second-order valence-electron chi connectivity index (χ2n) is 6.60. The van der Waals surface area contributed by atoms with Crippen LogP contribution in [-0.2, 0) is 9.84 Å². The molecule has 3 rings (SSSR count). The molecule has 1 amide bonds. The average molecular weight is 390 g/mol. The van der Waals surface area contributed by atoms with Crippen LogP contribution in [0.3, 0.4) is 0 Å². The van der Waals surface area contributed by atoms with Crippen LogP contribution in [0.4, 0.5) is 0 Å². The number of carbonyl (C=O) groups is 1. The summed E-state index contributed by atoms with van der Waals surface area (Å²) in [5, 5.41) is 2.88. The summed E-state index contributed by atoms with van der Waals surface area (Å²) in [6.45, 7) is 0.563. The number of fused-ring (bicyclic) bond motifs is 1. The SMILES string of the molecule is CN(C)C(CNC(=O)c1cccc(S(C)(=O)=O)c1)c1ccc2c(c1)OCO2. The lowest BCUT2D eigenvalue weighted by molar-refractivity contribution is 0.0941. The van der Waals surface area contributed by atoms with E-state index in [-0.39, 0.29) is 23.6 Å². The second-order valence-corrected chi connectivity index (χ2v) is 8.62. The number of ether oxygens (including phenoxy) is 2. The molecule has 7 nitrogen and oxygen atoms in total. The molecule has 8 heteroatoms. The normalized spacial score (nSPS) is 14.2. The van der Waals surface area contributed by atoms with E-state index >= 15 is 0 Å².